The Kier molecular flexibility index (Phi) is 9.09. The van der Waals surface area contributed by atoms with E-state index in [0.29, 0.717) is 43.7 Å². The normalized spacial score (nSPS) is 16.1. The zero-order valence-corrected chi connectivity index (χ0v) is 23.2. The van der Waals surface area contributed by atoms with Crippen LogP contribution in [0.25, 0.3) is 0 Å². The molecule has 3 rings (SSSR count). The van der Waals surface area contributed by atoms with E-state index in [9.17, 15) is 18.3 Å². The van der Waals surface area contributed by atoms with Gasteiger partial charge in [0, 0.05) is 42.5 Å². The van der Waals surface area contributed by atoms with Crippen molar-refractivity contribution in [3.05, 3.63) is 58.6 Å². The number of hydrogen-bond donors (Lipinski definition) is 3. The van der Waals surface area contributed by atoms with Crippen molar-refractivity contribution in [1.82, 2.24) is 4.72 Å². The van der Waals surface area contributed by atoms with Crippen LogP contribution in [0.3, 0.4) is 0 Å². The van der Waals surface area contributed by atoms with Gasteiger partial charge in [-0.2, -0.15) is 0 Å². The molecule has 9 heteroatoms. The number of piperidine rings is 1. The topological polar surface area (TPSA) is 98.7 Å². The lowest BCUT2D eigenvalue weighted by atomic mass is 9.84. The van der Waals surface area contributed by atoms with E-state index < -0.39 is 20.4 Å². The van der Waals surface area contributed by atoms with Crippen LogP contribution in [0.2, 0.25) is 5.02 Å². The lowest BCUT2D eigenvalue weighted by Gasteiger charge is -2.39. The number of carbonyl (C=O) groups is 1. The van der Waals surface area contributed by atoms with E-state index >= 15 is 0 Å². The number of nitrogens with one attached hydrogen (secondary N) is 2. The summed E-state index contributed by atoms with van der Waals surface area (Å²) in [5, 5.41) is 14.7. The van der Waals surface area contributed by atoms with Crippen molar-refractivity contribution in [2.75, 3.05) is 29.9 Å². The highest BCUT2D eigenvalue weighted by atomic mass is 35.5. The Bertz CT molecular complexity index is 1150. The molecule has 1 heterocycles. The Labute approximate surface area is 220 Å². The van der Waals surface area contributed by atoms with Crippen molar-refractivity contribution < 1.29 is 18.3 Å². The number of rotatable bonds is 9. The number of sulfonamides is 1. The van der Waals surface area contributed by atoms with Gasteiger partial charge in [0.15, 0.2) is 0 Å². The van der Waals surface area contributed by atoms with Gasteiger partial charge in [-0.3, -0.25) is 4.79 Å². The fraction of sp³-hybridized carbons (Fsp3) is 0.519. The van der Waals surface area contributed by atoms with Gasteiger partial charge in [0.1, 0.15) is 0 Å². The van der Waals surface area contributed by atoms with E-state index in [0.717, 1.165) is 35.6 Å². The number of halogens is 1. The monoisotopic (exact) mass is 535 g/mol. The molecule has 0 aromatic heterocycles. The Balaban J connectivity index is 1.47. The van der Waals surface area contributed by atoms with Gasteiger partial charge < -0.3 is 15.3 Å². The summed E-state index contributed by atoms with van der Waals surface area (Å²) in [4.78, 5) is 14.7. The third kappa shape index (κ3) is 7.22. The highest BCUT2D eigenvalue weighted by Crippen LogP contribution is 2.35. The minimum atomic E-state index is -3.36. The number of anilines is 2. The maximum atomic E-state index is 12.4. The van der Waals surface area contributed by atoms with Crippen molar-refractivity contribution in [2.24, 2.45) is 0 Å². The lowest BCUT2D eigenvalue weighted by molar-refractivity contribution is -0.116. The maximum absolute atomic E-state index is 12.4. The molecule has 1 amide bonds. The Hall–Kier alpha value is -2.13. The summed E-state index contributed by atoms with van der Waals surface area (Å²) < 4.78 is 25.9. The van der Waals surface area contributed by atoms with Crippen molar-refractivity contribution in [3.63, 3.8) is 0 Å². The van der Waals surface area contributed by atoms with E-state index in [2.05, 4.69) is 21.0 Å². The smallest absolute Gasteiger partial charge is 0.224 e. The van der Waals surface area contributed by atoms with Gasteiger partial charge >= 0.3 is 0 Å². The third-order valence-corrected chi connectivity index (χ3v) is 9.20. The molecule has 198 valence electrons. The second kappa shape index (κ2) is 11.5. The Morgan fingerprint density at radius 3 is 2.31 bits per heavy atom. The Morgan fingerprint density at radius 2 is 1.72 bits per heavy atom. The molecule has 7 nitrogen and oxygen atoms in total. The fourth-order valence-corrected chi connectivity index (χ4v) is 5.19. The molecule has 1 aliphatic heterocycles. The predicted octanol–water partition coefficient (Wildman–Crippen LogP) is 4.96. The first kappa shape index (κ1) is 28.4. The lowest BCUT2D eigenvalue weighted by Crippen LogP contribution is -2.42. The molecule has 2 aromatic rings. The summed E-state index contributed by atoms with van der Waals surface area (Å²) >= 11 is 5.99. The van der Waals surface area contributed by atoms with Crippen LogP contribution in [-0.4, -0.2) is 43.8 Å². The SMILES string of the molecule is Cc1cc(N2CCC(O)(c3ccc(Cl)cc3)CC2)ccc1NC(=O)CCCCNS(=O)(=O)C(C)(C)C. The molecule has 36 heavy (non-hydrogen) atoms. The van der Waals surface area contributed by atoms with Gasteiger partial charge in [0.05, 0.1) is 10.3 Å². The van der Waals surface area contributed by atoms with Crippen LogP contribution in [-0.2, 0) is 20.4 Å². The molecule has 0 aliphatic carbocycles. The summed E-state index contributed by atoms with van der Waals surface area (Å²) in [6.07, 6.45) is 2.77. The zero-order valence-electron chi connectivity index (χ0n) is 21.6. The van der Waals surface area contributed by atoms with Gasteiger partial charge in [-0.1, -0.05) is 23.7 Å². The van der Waals surface area contributed by atoms with E-state index in [-0.39, 0.29) is 5.91 Å². The van der Waals surface area contributed by atoms with Crippen molar-refractivity contribution in [3.8, 4) is 0 Å². The molecule has 0 saturated carbocycles. The summed E-state index contributed by atoms with van der Waals surface area (Å²) in [5.74, 6) is -0.0875. The van der Waals surface area contributed by atoms with E-state index in [1.165, 1.54) is 0 Å². The first-order valence-corrected chi connectivity index (χ1v) is 14.3. The molecule has 1 fully saturated rings. The number of amides is 1. The van der Waals surface area contributed by atoms with Crippen LogP contribution >= 0.6 is 11.6 Å². The minimum absolute atomic E-state index is 0.0875. The van der Waals surface area contributed by atoms with Crippen molar-refractivity contribution in [2.45, 2.75) is 70.1 Å². The maximum Gasteiger partial charge on any atom is 0.224 e. The van der Waals surface area contributed by atoms with Crippen LogP contribution in [0.15, 0.2) is 42.5 Å². The molecule has 0 atom stereocenters. The Morgan fingerprint density at radius 1 is 1.08 bits per heavy atom. The van der Waals surface area contributed by atoms with Gasteiger partial charge in [-0.05, 0) is 94.8 Å². The van der Waals surface area contributed by atoms with Gasteiger partial charge in [-0.25, -0.2) is 13.1 Å². The van der Waals surface area contributed by atoms with Crippen molar-refractivity contribution in [1.29, 1.82) is 0 Å². The van der Waals surface area contributed by atoms with Crippen LogP contribution < -0.4 is 14.9 Å². The summed E-state index contributed by atoms with van der Waals surface area (Å²) in [5.41, 5.74) is 2.85. The molecule has 1 saturated heterocycles. The fourth-order valence-electron chi connectivity index (χ4n) is 4.21. The molecule has 3 N–H and O–H groups in total. The molecular weight excluding hydrogens is 498 g/mol. The third-order valence-electron chi connectivity index (χ3n) is 6.75. The molecule has 0 bridgehead atoms. The summed E-state index contributed by atoms with van der Waals surface area (Å²) in [7, 11) is -3.36. The molecular formula is C27H38ClN3O4S. The number of unbranched alkanes of at least 4 members (excludes halogenated alkanes) is 1. The number of benzene rings is 2. The average Bonchev–Trinajstić information content (AvgIpc) is 2.80. The van der Waals surface area contributed by atoms with E-state index in [4.69, 9.17) is 11.6 Å². The van der Waals surface area contributed by atoms with Gasteiger partial charge in [-0.15, -0.1) is 0 Å². The first-order chi connectivity index (χ1) is 16.8. The van der Waals surface area contributed by atoms with Crippen molar-refractivity contribution >= 4 is 38.9 Å². The standard InChI is InChI=1S/C27H38ClN3O4S/c1-20-19-23(31-17-14-27(33,15-18-31)21-8-10-22(28)11-9-21)12-13-24(20)30-25(32)7-5-6-16-29-36(34,35)26(2,3)4/h8-13,19,29,33H,5-7,14-18H2,1-4H3,(H,30,32). The number of hydrogen-bond acceptors (Lipinski definition) is 5. The zero-order chi connectivity index (χ0) is 26.6. The molecule has 0 radical (unpaired) electrons. The average molecular weight is 536 g/mol. The number of aryl methyl sites for hydroxylation is 1. The quantitative estimate of drug-likeness (QED) is 0.394. The summed E-state index contributed by atoms with van der Waals surface area (Å²) in [6, 6.07) is 13.4. The number of nitrogens with zero attached hydrogens (tertiary/aromatic N) is 1. The summed E-state index contributed by atoms with van der Waals surface area (Å²) in [6.45, 7) is 8.71. The van der Waals surface area contributed by atoms with Gasteiger partial charge in [0.2, 0.25) is 15.9 Å². The highest BCUT2D eigenvalue weighted by Gasteiger charge is 2.34. The second-order valence-electron chi connectivity index (χ2n) is 10.5. The first-order valence-electron chi connectivity index (χ1n) is 12.4. The number of aliphatic hydroxyl groups is 1. The predicted molar refractivity (Wildman–Crippen MR) is 147 cm³/mol. The van der Waals surface area contributed by atoms with Gasteiger partial charge in [0.25, 0.3) is 0 Å². The number of carbonyl (C=O) groups excluding carboxylic acids is 1. The molecule has 0 unspecified atom stereocenters. The van der Waals surface area contributed by atoms with Crippen LogP contribution in [0, 0.1) is 6.92 Å². The molecule has 1 aliphatic rings. The van der Waals surface area contributed by atoms with E-state index in [1.807, 2.05) is 43.3 Å². The second-order valence-corrected chi connectivity index (χ2v) is 13.5. The van der Waals surface area contributed by atoms with Crippen LogP contribution in [0.4, 0.5) is 11.4 Å². The largest absolute Gasteiger partial charge is 0.385 e. The highest BCUT2D eigenvalue weighted by molar-refractivity contribution is 7.90. The van der Waals surface area contributed by atoms with E-state index in [1.54, 1.807) is 20.8 Å². The molecule has 2 aromatic carbocycles. The minimum Gasteiger partial charge on any atom is -0.385 e. The van der Waals surface area contributed by atoms with Crippen LogP contribution in [0.5, 0.6) is 0 Å². The molecule has 0 spiro atoms. The van der Waals surface area contributed by atoms with Crippen LogP contribution in [0.1, 0.15) is 64.0 Å².